The van der Waals surface area contributed by atoms with Crippen LogP contribution in [0.15, 0.2) is 10.7 Å². The predicted octanol–water partition coefficient (Wildman–Crippen LogP) is 3.02. The first kappa shape index (κ1) is 16.4. The number of hydrogen-bond donors (Lipinski definition) is 1. The standard InChI is InChI=1S/C18H23N5O2S/c24-16(20-12-6-7-12)15-21-17(25-22-15)14-5-2-8-23(14)10-13-9-19-18(26-13)11-3-1-4-11/h9,11-12,14H,1-8,10H2,(H,20,24)/t14-/m0/s1. The summed E-state index contributed by atoms with van der Waals surface area (Å²) in [5, 5.41) is 8.09. The Hall–Kier alpha value is -1.80. The van der Waals surface area contributed by atoms with Crippen LogP contribution in [0.3, 0.4) is 0 Å². The molecule has 1 amide bonds. The number of amides is 1. The number of rotatable bonds is 6. The van der Waals surface area contributed by atoms with Gasteiger partial charge in [-0.2, -0.15) is 4.98 Å². The Morgan fingerprint density at radius 2 is 2.15 bits per heavy atom. The lowest BCUT2D eigenvalue weighted by atomic mass is 9.86. The van der Waals surface area contributed by atoms with Gasteiger partial charge in [0, 0.05) is 29.6 Å². The van der Waals surface area contributed by atoms with Crippen molar-refractivity contribution in [3.63, 3.8) is 0 Å². The highest BCUT2D eigenvalue weighted by atomic mass is 32.1. The van der Waals surface area contributed by atoms with E-state index in [1.807, 2.05) is 17.5 Å². The van der Waals surface area contributed by atoms with Gasteiger partial charge in [-0.15, -0.1) is 11.3 Å². The van der Waals surface area contributed by atoms with E-state index >= 15 is 0 Å². The molecule has 0 aromatic carbocycles. The average molecular weight is 373 g/mol. The van der Waals surface area contributed by atoms with E-state index in [2.05, 4.69) is 25.3 Å². The summed E-state index contributed by atoms with van der Waals surface area (Å²) in [6, 6.07) is 0.392. The Labute approximate surface area is 156 Å². The molecule has 26 heavy (non-hydrogen) atoms. The molecule has 5 rings (SSSR count). The topological polar surface area (TPSA) is 84.2 Å². The Bertz CT molecular complexity index is 795. The Morgan fingerprint density at radius 1 is 1.27 bits per heavy atom. The van der Waals surface area contributed by atoms with Gasteiger partial charge in [0.1, 0.15) is 0 Å². The van der Waals surface area contributed by atoms with Gasteiger partial charge in [0.15, 0.2) is 0 Å². The van der Waals surface area contributed by atoms with Crippen molar-refractivity contribution in [2.24, 2.45) is 0 Å². The van der Waals surface area contributed by atoms with E-state index in [1.54, 1.807) is 0 Å². The van der Waals surface area contributed by atoms with E-state index in [-0.39, 0.29) is 17.8 Å². The number of carbonyl (C=O) groups excluding carboxylic acids is 1. The van der Waals surface area contributed by atoms with Crippen LogP contribution in [0.5, 0.6) is 0 Å². The molecule has 2 saturated carbocycles. The smallest absolute Gasteiger partial charge is 0.292 e. The molecule has 3 aliphatic rings. The second-order valence-electron chi connectivity index (χ2n) is 7.63. The number of likely N-dealkylation sites (tertiary alicyclic amines) is 1. The molecule has 2 aromatic rings. The second-order valence-corrected chi connectivity index (χ2v) is 8.77. The Balaban J connectivity index is 1.25. The van der Waals surface area contributed by atoms with Crippen LogP contribution < -0.4 is 5.32 Å². The molecule has 0 radical (unpaired) electrons. The van der Waals surface area contributed by atoms with Gasteiger partial charge in [0.25, 0.3) is 11.7 Å². The number of thiazole rings is 1. The number of carbonyl (C=O) groups is 1. The molecule has 1 saturated heterocycles. The predicted molar refractivity (Wildman–Crippen MR) is 95.9 cm³/mol. The van der Waals surface area contributed by atoms with Crippen molar-refractivity contribution in [1.82, 2.24) is 25.3 Å². The van der Waals surface area contributed by atoms with Crippen LogP contribution in [0.1, 0.15) is 83.3 Å². The number of hydrogen-bond acceptors (Lipinski definition) is 7. The quantitative estimate of drug-likeness (QED) is 0.838. The first-order valence-electron chi connectivity index (χ1n) is 9.59. The third-order valence-electron chi connectivity index (χ3n) is 5.59. The zero-order valence-electron chi connectivity index (χ0n) is 14.7. The van der Waals surface area contributed by atoms with Crippen molar-refractivity contribution in [3.8, 4) is 0 Å². The largest absolute Gasteiger partial charge is 0.346 e. The summed E-state index contributed by atoms with van der Waals surface area (Å²) in [6.07, 6.45) is 10.1. The van der Waals surface area contributed by atoms with Crippen LogP contribution in [-0.4, -0.2) is 38.5 Å². The number of nitrogens with one attached hydrogen (secondary N) is 1. The monoisotopic (exact) mass is 373 g/mol. The molecule has 2 aromatic heterocycles. The van der Waals surface area contributed by atoms with Gasteiger partial charge in [0.05, 0.1) is 11.0 Å². The first-order valence-corrected chi connectivity index (χ1v) is 10.4. The lowest BCUT2D eigenvalue weighted by Crippen LogP contribution is -2.26. The molecule has 2 aliphatic carbocycles. The minimum absolute atomic E-state index is 0.0965. The molecule has 3 fully saturated rings. The van der Waals surface area contributed by atoms with Crippen molar-refractivity contribution in [2.45, 2.75) is 69.5 Å². The van der Waals surface area contributed by atoms with Crippen LogP contribution in [0.4, 0.5) is 0 Å². The van der Waals surface area contributed by atoms with Crippen molar-refractivity contribution in [1.29, 1.82) is 0 Å². The molecule has 1 atom stereocenters. The molecule has 0 bridgehead atoms. The Kier molecular flexibility index (Phi) is 4.24. The molecule has 1 N–H and O–H groups in total. The molecule has 7 nitrogen and oxygen atoms in total. The van der Waals surface area contributed by atoms with E-state index in [9.17, 15) is 4.79 Å². The van der Waals surface area contributed by atoms with Crippen LogP contribution in [0.2, 0.25) is 0 Å². The summed E-state index contributed by atoms with van der Waals surface area (Å²) in [4.78, 5) is 24.7. The average Bonchev–Trinajstić information content (AvgIpc) is 3.02. The third-order valence-corrected chi connectivity index (χ3v) is 6.74. The van der Waals surface area contributed by atoms with Gasteiger partial charge in [-0.3, -0.25) is 9.69 Å². The van der Waals surface area contributed by atoms with Gasteiger partial charge in [-0.1, -0.05) is 11.6 Å². The SMILES string of the molecule is O=C(NC1CC1)c1noc([C@@H]2CCCN2Cc2cnc(C3CCC3)s2)n1. The maximum absolute atomic E-state index is 12.1. The van der Waals surface area contributed by atoms with Crippen LogP contribution in [-0.2, 0) is 6.54 Å². The molecular formula is C18H23N5O2S. The number of nitrogens with zero attached hydrogens (tertiary/aromatic N) is 4. The molecular weight excluding hydrogens is 350 g/mol. The van der Waals surface area contributed by atoms with Crippen molar-refractivity contribution < 1.29 is 9.32 Å². The van der Waals surface area contributed by atoms with Gasteiger partial charge in [-0.25, -0.2) is 4.98 Å². The van der Waals surface area contributed by atoms with Crippen LogP contribution >= 0.6 is 11.3 Å². The fourth-order valence-corrected chi connectivity index (χ4v) is 4.79. The van der Waals surface area contributed by atoms with E-state index in [4.69, 9.17) is 4.52 Å². The third kappa shape index (κ3) is 3.27. The lowest BCUT2D eigenvalue weighted by molar-refractivity contribution is 0.0937. The summed E-state index contributed by atoms with van der Waals surface area (Å²) >= 11 is 1.84. The van der Waals surface area contributed by atoms with Gasteiger partial charge >= 0.3 is 0 Å². The molecule has 0 spiro atoms. The van der Waals surface area contributed by atoms with Crippen molar-refractivity contribution in [2.75, 3.05) is 6.54 Å². The van der Waals surface area contributed by atoms with Crippen LogP contribution in [0.25, 0.3) is 0 Å². The normalized spacial score (nSPS) is 23.9. The zero-order chi connectivity index (χ0) is 17.5. The molecule has 3 heterocycles. The van der Waals surface area contributed by atoms with Gasteiger partial charge in [-0.05, 0) is 45.1 Å². The van der Waals surface area contributed by atoms with Crippen LogP contribution in [0, 0.1) is 0 Å². The highest BCUT2D eigenvalue weighted by Gasteiger charge is 2.33. The van der Waals surface area contributed by atoms with E-state index in [0.717, 1.165) is 38.8 Å². The zero-order valence-corrected chi connectivity index (χ0v) is 15.5. The van der Waals surface area contributed by atoms with Gasteiger partial charge in [0.2, 0.25) is 5.89 Å². The molecule has 8 heteroatoms. The molecule has 138 valence electrons. The minimum Gasteiger partial charge on any atom is -0.346 e. The second kappa shape index (κ2) is 6.74. The van der Waals surface area contributed by atoms with Crippen molar-refractivity contribution >= 4 is 17.2 Å². The summed E-state index contributed by atoms with van der Waals surface area (Å²) < 4.78 is 5.43. The fraction of sp³-hybridized carbons (Fsp3) is 0.667. The summed E-state index contributed by atoms with van der Waals surface area (Å²) in [5.41, 5.74) is 0. The highest BCUT2D eigenvalue weighted by Crippen LogP contribution is 2.39. The first-order chi connectivity index (χ1) is 12.8. The molecule has 0 unspecified atom stereocenters. The van der Waals surface area contributed by atoms with E-state index in [1.165, 1.54) is 29.1 Å². The summed E-state index contributed by atoms with van der Waals surface area (Å²) in [5.74, 6) is 1.18. The molecule has 1 aliphatic heterocycles. The minimum atomic E-state index is -0.223. The van der Waals surface area contributed by atoms with Crippen molar-refractivity contribution in [3.05, 3.63) is 27.8 Å². The lowest BCUT2D eigenvalue weighted by Gasteiger charge is -2.23. The maximum Gasteiger partial charge on any atom is 0.292 e. The highest BCUT2D eigenvalue weighted by molar-refractivity contribution is 7.11. The maximum atomic E-state index is 12.1. The Morgan fingerprint density at radius 3 is 2.92 bits per heavy atom. The number of aromatic nitrogens is 3. The summed E-state index contributed by atoms with van der Waals surface area (Å²) in [6.45, 7) is 1.87. The summed E-state index contributed by atoms with van der Waals surface area (Å²) in [7, 11) is 0. The fourth-order valence-electron chi connectivity index (χ4n) is 3.68. The van der Waals surface area contributed by atoms with E-state index in [0.29, 0.717) is 17.9 Å². The van der Waals surface area contributed by atoms with E-state index < -0.39 is 0 Å². The van der Waals surface area contributed by atoms with Gasteiger partial charge < -0.3 is 9.84 Å².